The average Bonchev–Trinajstić information content (AvgIpc) is 2.51. The van der Waals surface area contributed by atoms with Crippen LogP contribution in [0.25, 0.3) is 0 Å². The second-order valence-electron chi connectivity index (χ2n) is 5.36. The maximum atomic E-state index is 12.3. The van der Waals surface area contributed by atoms with E-state index in [1.54, 1.807) is 4.90 Å². The molecule has 0 heterocycles. The lowest BCUT2D eigenvalue weighted by Gasteiger charge is -2.21. The van der Waals surface area contributed by atoms with Crippen molar-refractivity contribution in [3.8, 4) is 0 Å². The van der Waals surface area contributed by atoms with Crippen LogP contribution in [0, 0.1) is 0 Å². The molecule has 0 aliphatic carbocycles. The van der Waals surface area contributed by atoms with Crippen LogP contribution in [0.15, 0.2) is 24.3 Å². The standard InChI is InChI=1S/C17H27N3O2/c1-3-11-19-16(21)13-20(12-4-2)17(22)10-9-14-7-5-6-8-15(14)18/h5-8H,3-4,9-13,18H2,1-2H3,(H,19,21). The van der Waals surface area contributed by atoms with Gasteiger partial charge in [-0.05, 0) is 30.9 Å². The van der Waals surface area contributed by atoms with Crippen LogP contribution >= 0.6 is 0 Å². The SMILES string of the molecule is CCCNC(=O)CN(CCC)C(=O)CCc1ccccc1N. The van der Waals surface area contributed by atoms with E-state index in [1.807, 2.05) is 38.1 Å². The minimum Gasteiger partial charge on any atom is -0.399 e. The van der Waals surface area contributed by atoms with Crippen LogP contribution in [0.4, 0.5) is 5.69 Å². The summed E-state index contributed by atoms with van der Waals surface area (Å²) in [6.45, 7) is 5.38. The van der Waals surface area contributed by atoms with Crippen molar-refractivity contribution in [1.82, 2.24) is 10.2 Å². The maximum Gasteiger partial charge on any atom is 0.239 e. The van der Waals surface area contributed by atoms with Crippen LogP contribution in [-0.2, 0) is 16.0 Å². The molecule has 0 fully saturated rings. The number of benzene rings is 1. The summed E-state index contributed by atoms with van der Waals surface area (Å²) in [5, 5.41) is 2.81. The molecule has 0 saturated carbocycles. The van der Waals surface area contributed by atoms with Crippen molar-refractivity contribution in [2.24, 2.45) is 0 Å². The summed E-state index contributed by atoms with van der Waals surface area (Å²) in [7, 11) is 0. The fourth-order valence-corrected chi connectivity index (χ4v) is 2.22. The Morgan fingerprint density at radius 1 is 1.18 bits per heavy atom. The van der Waals surface area contributed by atoms with Crippen molar-refractivity contribution in [3.05, 3.63) is 29.8 Å². The van der Waals surface area contributed by atoms with Gasteiger partial charge in [0.25, 0.3) is 0 Å². The van der Waals surface area contributed by atoms with E-state index in [2.05, 4.69) is 5.32 Å². The van der Waals surface area contributed by atoms with Crippen LogP contribution in [0.3, 0.4) is 0 Å². The number of nitrogens with two attached hydrogens (primary N) is 1. The predicted molar refractivity (Wildman–Crippen MR) is 89.3 cm³/mol. The van der Waals surface area contributed by atoms with Crippen LogP contribution < -0.4 is 11.1 Å². The van der Waals surface area contributed by atoms with Crippen LogP contribution in [0.5, 0.6) is 0 Å². The fraction of sp³-hybridized carbons (Fsp3) is 0.529. The lowest BCUT2D eigenvalue weighted by Crippen LogP contribution is -2.41. The van der Waals surface area contributed by atoms with E-state index in [-0.39, 0.29) is 18.4 Å². The first-order valence-electron chi connectivity index (χ1n) is 7.96. The second kappa shape index (κ2) is 9.82. The summed E-state index contributed by atoms with van der Waals surface area (Å²) in [4.78, 5) is 25.8. The molecule has 0 aromatic heterocycles. The average molecular weight is 305 g/mol. The highest BCUT2D eigenvalue weighted by Crippen LogP contribution is 2.13. The first kappa shape index (κ1) is 18.0. The highest BCUT2D eigenvalue weighted by atomic mass is 16.2. The van der Waals surface area contributed by atoms with Crippen molar-refractivity contribution in [2.75, 3.05) is 25.4 Å². The number of rotatable bonds is 9. The minimum absolute atomic E-state index is 0.00301. The van der Waals surface area contributed by atoms with E-state index < -0.39 is 0 Å². The minimum atomic E-state index is -0.0946. The number of nitrogens with one attached hydrogen (secondary N) is 1. The summed E-state index contributed by atoms with van der Waals surface area (Å²) in [6, 6.07) is 7.56. The van der Waals surface area contributed by atoms with Crippen molar-refractivity contribution in [1.29, 1.82) is 0 Å². The summed E-state index contributed by atoms with van der Waals surface area (Å²) in [6.07, 6.45) is 2.69. The lowest BCUT2D eigenvalue weighted by atomic mass is 10.1. The molecular formula is C17H27N3O2. The van der Waals surface area contributed by atoms with Crippen molar-refractivity contribution >= 4 is 17.5 Å². The molecule has 22 heavy (non-hydrogen) atoms. The lowest BCUT2D eigenvalue weighted by molar-refractivity contribution is -0.136. The molecule has 0 atom stereocenters. The number of carbonyl (C=O) groups excluding carboxylic acids is 2. The van der Waals surface area contributed by atoms with Gasteiger partial charge >= 0.3 is 0 Å². The topological polar surface area (TPSA) is 75.4 Å². The van der Waals surface area contributed by atoms with Gasteiger partial charge in [-0.3, -0.25) is 9.59 Å². The van der Waals surface area contributed by atoms with Gasteiger partial charge in [-0.1, -0.05) is 32.0 Å². The number of aryl methyl sites for hydroxylation is 1. The zero-order chi connectivity index (χ0) is 16.4. The van der Waals surface area contributed by atoms with Gasteiger partial charge in [-0.15, -0.1) is 0 Å². The van der Waals surface area contributed by atoms with E-state index in [4.69, 9.17) is 5.73 Å². The van der Waals surface area contributed by atoms with Crippen molar-refractivity contribution in [2.45, 2.75) is 39.5 Å². The van der Waals surface area contributed by atoms with Gasteiger partial charge in [0, 0.05) is 25.2 Å². The Kier molecular flexibility index (Phi) is 8.04. The number of nitrogen functional groups attached to an aromatic ring is 1. The van der Waals surface area contributed by atoms with E-state index >= 15 is 0 Å². The number of para-hydroxylation sites is 1. The number of hydrogen-bond donors (Lipinski definition) is 2. The Hall–Kier alpha value is -2.04. The molecule has 0 bridgehead atoms. The quantitative estimate of drug-likeness (QED) is 0.685. The zero-order valence-corrected chi connectivity index (χ0v) is 13.6. The number of amides is 2. The van der Waals surface area contributed by atoms with E-state index in [1.165, 1.54) is 0 Å². The molecule has 0 unspecified atom stereocenters. The summed E-state index contributed by atoms with van der Waals surface area (Å²) in [5.74, 6) is -0.0976. The number of carbonyl (C=O) groups is 2. The number of nitrogens with zero attached hydrogens (tertiary/aromatic N) is 1. The molecular weight excluding hydrogens is 278 g/mol. The first-order valence-corrected chi connectivity index (χ1v) is 7.96. The largest absolute Gasteiger partial charge is 0.399 e. The Labute approximate surface area is 132 Å². The molecule has 2 amide bonds. The third-order valence-corrected chi connectivity index (χ3v) is 3.42. The second-order valence-corrected chi connectivity index (χ2v) is 5.36. The molecule has 1 aromatic rings. The zero-order valence-electron chi connectivity index (χ0n) is 13.6. The molecule has 1 rings (SSSR count). The molecule has 3 N–H and O–H groups in total. The van der Waals surface area contributed by atoms with Gasteiger partial charge < -0.3 is 16.0 Å². The van der Waals surface area contributed by atoms with Gasteiger partial charge in [-0.2, -0.15) is 0 Å². The van der Waals surface area contributed by atoms with Crippen LogP contribution in [0.1, 0.15) is 38.7 Å². The Morgan fingerprint density at radius 3 is 2.55 bits per heavy atom. The molecule has 5 nitrogen and oxygen atoms in total. The highest BCUT2D eigenvalue weighted by Gasteiger charge is 2.16. The molecule has 0 radical (unpaired) electrons. The van der Waals surface area contributed by atoms with Crippen molar-refractivity contribution in [3.63, 3.8) is 0 Å². The van der Waals surface area contributed by atoms with Crippen molar-refractivity contribution < 1.29 is 9.59 Å². The Bertz CT molecular complexity index is 489. The Balaban J connectivity index is 2.54. The number of hydrogen-bond acceptors (Lipinski definition) is 3. The summed E-state index contributed by atoms with van der Waals surface area (Å²) in [5.41, 5.74) is 7.57. The van der Waals surface area contributed by atoms with Crippen LogP contribution in [0.2, 0.25) is 0 Å². The van der Waals surface area contributed by atoms with E-state index in [0.717, 1.165) is 18.4 Å². The smallest absolute Gasteiger partial charge is 0.239 e. The van der Waals surface area contributed by atoms with Gasteiger partial charge in [0.15, 0.2) is 0 Å². The monoisotopic (exact) mass is 305 g/mol. The molecule has 0 spiro atoms. The molecule has 0 saturated heterocycles. The number of anilines is 1. The fourth-order valence-electron chi connectivity index (χ4n) is 2.22. The van der Waals surface area contributed by atoms with E-state index in [0.29, 0.717) is 31.6 Å². The Morgan fingerprint density at radius 2 is 1.91 bits per heavy atom. The van der Waals surface area contributed by atoms with Gasteiger partial charge in [0.05, 0.1) is 6.54 Å². The van der Waals surface area contributed by atoms with E-state index in [9.17, 15) is 9.59 Å². The molecule has 122 valence electrons. The molecule has 0 aliphatic heterocycles. The molecule has 1 aromatic carbocycles. The third-order valence-electron chi connectivity index (χ3n) is 3.42. The normalized spacial score (nSPS) is 10.3. The van der Waals surface area contributed by atoms with Gasteiger partial charge in [-0.25, -0.2) is 0 Å². The maximum absolute atomic E-state index is 12.3. The summed E-state index contributed by atoms with van der Waals surface area (Å²) >= 11 is 0. The molecule has 5 heteroatoms. The molecule has 0 aliphatic rings. The van der Waals surface area contributed by atoms with Gasteiger partial charge in [0.2, 0.25) is 11.8 Å². The highest BCUT2D eigenvalue weighted by molar-refractivity contribution is 5.84. The van der Waals surface area contributed by atoms with Crippen LogP contribution in [-0.4, -0.2) is 36.3 Å². The van der Waals surface area contributed by atoms with Gasteiger partial charge in [0.1, 0.15) is 0 Å². The predicted octanol–water partition coefficient (Wildman–Crippen LogP) is 1.97. The first-order chi connectivity index (χ1) is 10.6. The third kappa shape index (κ3) is 6.16. The summed E-state index contributed by atoms with van der Waals surface area (Å²) < 4.78 is 0.